The van der Waals surface area contributed by atoms with Gasteiger partial charge in [0.15, 0.2) is 0 Å². The number of aromatic carboxylic acids is 1. The summed E-state index contributed by atoms with van der Waals surface area (Å²) in [4.78, 5) is 25.8. The zero-order valence-corrected chi connectivity index (χ0v) is 22.8. The molecule has 3 N–H and O–H groups in total. The van der Waals surface area contributed by atoms with Gasteiger partial charge in [0, 0.05) is 18.0 Å². The molecular formula is C31H35N5O3. The number of aliphatic hydroxyl groups excluding tert-OH is 1. The van der Waals surface area contributed by atoms with Crippen molar-refractivity contribution < 1.29 is 15.0 Å². The average molecular weight is 526 g/mol. The highest BCUT2D eigenvalue weighted by molar-refractivity contribution is 5.90. The highest BCUT2D eigenvalue weighted by atomic mass is 16.4. The third-order valence-electron chi connectivity index (χ3n) is 7.40. The number of nitrogens with one attached hydrogen (secondary N) is 1. The Labute approximate surface area is 228 Å². The molecule has 5 rings (SSSR count). The molecule has 0 saturated heterocycles. The third-order valence-corrected chi connectivity index (χ3v) is 7.40. The van der Waals surface area contributed by atoms with E-state index in [1.54, 1.807) is 18.6 Å². The fourth-order valence-electron chi connectivity index (χ4n) is 5.18. The van der Waals surface area contributed by atoms with Gasteiger partial charge in [-0.25, -0.2) is 19.7 Å². The predicted molar refractivity (Wildman–Crippen MR) is 152 cm³/mol. The van der Waals surface area contributed by atoms with Gasteiger partial charge >= 0.3 is 5.97 Å². The number of rotatable bonds is 6. The SMILES string of the molecule is Cc1cc(Nc2cc(C(C)(C)C)ccn2)nc(-n2cnc(-c3ccc(C(=O)O)c(C4CCC(O)CC4)c3)c2)c1. The standard InChI is InChI=1S/C31H35N5O3/c1-19-13-28(34-27-16-22(11-12-32-27)31(2,3)4)35-29(14-19)36-17-26(33-18-36)21-7-10-24(30(38)39)25(15-21)20-5-8-23(37)9-6-20/h7,10-18,20,23,37H,5-6,8-9H2,1-4H3,(H,38,39)(H,32,34,35). The van der Waals surface area contributed by atoms with Crippen LogP contribution in [-0.2, 0) is 5.41 Å². The largest absolute Gasteiger partial charge is 0.478 e. The molecule has 0 aliphatic heterocycles. The Morgan fingerprint density at radius 3 is 2.49 bits per heavy atom. The van der Waals surface area contributed by atoms with Gasteiger partial charge in [-0.1, -0.05) is 26.8 Å². The summed E-state index contributed by atoms with van der Waals surface area (Å²) in [5.74, 6) is 1.32. The second-order valence-corrected chi connectivity index (χ2v) is 11.5. The molecule has 0 atom stereocenters. The summed E-state index contributed by atoms with van der Waals surface area (Å²) in [5, 5.41) is 23.0. The van der Waals surface area contributed by atoms with Crippen LogP contribution in [0.15, 0.2) is 61.2 Å². The summed E-state index contributed by atoms with van der Waals surface area (Å²) in [5.41, 5.74) is 4.96. The second kappa shape index (κ2) is 10.6. The van der Waals surface area contributed by atoms with Crippen molar-refractivity contribution in [3.05, 3.63) is 83.4 Å². The van der Waals surface area contributed by atoms with Gasteiger partial charge in [-0.2, -0.15) is 0 Å². The molecule has 39 heavy (non-hydrogen) atoms. The minimum atomic E-state index is -0.931. The molecule has 0 spiro atoms. The smallest absolute Gasteiger partial charge is 0.335 e. The minimum Gasteiger partial charge on any atom is -0.478 e. The van der Waals surface area contributed by atoms with Gasteiger partial charge in [-0.3, -0.25) is 4.57 Å². The van der Waals surface area contributed by atoms with Crippen molar-refractivity contribution in [2.45, 2.75) is 70.8 Å². The van der Waals surface area contributed by atoms with Crippen LogP contribution in [0.25, 0.3) is 17.1 Å². The number of nitrogens with zero attached hydrogens (tertiary/aromatic N) is 4. The molecule has 8 heteroatoms. The molecular weight excluding hydrogens is 490 g/mol. The zero-order valence-electron chi connectivity index (χ0n) is 22.8. The Kier molecular flexibility index (Phi) is 7.23. The lowest BCUT2D eigenvalue weighted by atomic mass is 9.80. The lowest BCUT2D eigenvalue weighted by molar-refractivity contribution is 0.0694. The summed E-state index contributed by atoms with van der Waals surface area (Å²) in [6.07, 6.45) is 8.07. The average Bonchev–Trinajstić information content (AvgIpc) is 3.39. The number of aliphatic hydroxyl groups is 1. The van der Waals surface area contributed by atoms with Gasteiger partial charge in [0.05, 0.1) is 17.4 Å². The number of imidazole rings is 1. The third kappa shape index (κ3) is 6.01. The Bertz CT molecular complexity index is 1500. The second-order valence-electron chi connectivity index (χ2n) is 11.5. The molecule has 0 unspecified atom stereocenters. The molecule has 0 radical (unpaired) electrons. The van der Waals surface area contributed by atoms with Crippen molar-refractivity contribution in [3.8, 4) is 17.1 Å². The van der Waals surface area contributed by atoms with Crippen LogP contribution >= 0.6 is 0 Å². The number of carbonyl (C=O) groups is 1. The Balaban J connectivity index is 1.43. The van der Waals surface area contributed by atoms with Crippen LogP contribution in [0.4, 0.5) is 11.6 Å². The molecule has 0 amide bonds. The van der Waals surface area contributed by atoms with Crippen molar-refractivity contribution in [1.82, 2.24) is 19.5 Å². The Hall–Kier alpha value is -4.04. The zero-order chi connectivity index (χ0) is 27.7. The molecule has 3 aromatic heterocycles. The highest BCUT2D eigenvalue weighted by Gasteiger charge is 2.25. The van der Waals surface area contributed by atoms with Gasteiger partial charge < -0.3 is 15.5 Å². The summed E-state index contributed by atoms with van der Waals surface area (Å²) >= 11 is 0. The van der Waals surface area contributed by atoms with Crippen LogP contribution in [-0.4, -0.2) is 41.8 Å². The Morgan fingerprint density at radius 2 is 1.77 bits per heavy atom. The van der Waals surface area contributed by atoms with E-state index < -0.39 is 5.97 Å². The van der Waals surface area contributed by atoms with Gasteiger partial charge in [0.1, 0.15) is 23.8 Å². The number of benzene rings is 1. The topological polar surface area (TPSA) is 113 Å². The molecule has 4 aromatic rings. The molecule has 1 aromatic carbocycles. The number of aromatic nitrogens is 4. The van der Waals surface area contributed by atoms with Crippen molar-refractivity contribution >= 4 is 17.6 Å². The molecule has 0 bridgehead atoms. The maximum atomic E-state index is 11.9. The number of carboxylic acids is 1. The molecule has 8 nitrogen and oxygen atoms in total. The van der Waals surface area contributed by atoms with Crippen LogP contribution in [0, 0.1) is 6.92 Å². The van der Waals surface area contributed by atoms with Gasteiger partial charge in [-0.15, -0.1) is 0 Å². The van der Waals surface area contributed by atoms with Crippen LogP contribution < -0.4 is 5.32 Å². The Morgan fingerprint density at radius 1 is 1.00 bits per heavy atom. The number of hydrogen-bond acceptors (Lipinski definition) is 6. The fourth-order valence-corrected chi connectivity index (χ4v) is 5.18. The normalized spacial score (nSPS) is 17.7. The first-order chi connectivity index (χ1) is 18.6. The van der Waals surface area contributed by atoms with Gasteiger partial charge in [-0.05, 0) is 97.0 Å². The monoisotopic (exact) mass is 525 g/mol. The van der Waals surface area contributed by atoms with Crippen LogP contribution in [0.3, 0.4) is 0 Å². The van der Waals surface area contributed by atoms with E-state index in [1.807, 2.05) is 54.1 Å². The first kappa shape index (κ1) is 26.6. The van der Waals surface area contributed by atoms with Crippen molar-refractivity contribution in [2.24, 2.45) is 0 Å². The lowest BCUT2D eigenvalue weighted by Crippen LogP contribution is -2.18. The number of hydrogen-bond donors (Lipinski definition) is 3. The molecule has 1 aliphatic rings. The van der Waals surface area contributed by atoms with Gasteiger partial charge in [0.25, 0.3) is 0 Å². The highest BCUT2D eigenvalue weighted by Crippen LogP contribution is 2.36. The molecule has 202 valence electrons. The quantitative estimate of drug-likeness (QED) is 0.267. The first-order valence-corrected chi connectivity index (χ1v) is 13.4. The predicted octanol–water partition coefficient (Wildman–Crippen LogP) is 6.40. The van der Waals surface area contributed by atoms with E-state index in [9.17, 15) is 15.0 Å². The number of carboxylic acid groups (broad SMARTS) is 1. The lowest BCUT2D eigenvalue weighted by Gasteiger charge is -2.27. The summed E-state index contributed by atoms with van der Waals surface area (Å²) < 4.78 is 1.87. The van der Waals surface area contributed by atoms with E-state index in [4.69, 9.17) is 4.98 Å². The van der Waals surface area contributed by atoms with E-state index >= 15 is 0 Å². The molecule has 3 heterocycles. The van der Waals surface area contributed by atoms with E-state index in [2.05, 4.69) is 36.1 Å². The minimum absolute atomic E-state index is 0.0124. The summed E-state index contributed by atoms with van der Waals surface area (Å²) in [7, 11) is 0. The number of pyridine rings is 2. The van der Waals surface area contributed by atoms with E-state index in [-0.39, 0.29) is 17.4 Å². The first-order valence-electron chi connectivity index (χ1n) is 13.4. The number of aryl methyl sites for hydroxylation is 1. The van der Waals surface area contributed by atoms with E-state index in [0.29, 0.717) is 30.0 Å². The van der Waals surface area contributed by atoms with Crippen molar-refractivity contribution in [2.75, 3.05) is 5.32 Å². The van der Waals surface area contributed by atoms with Crippen LogP contribution in [0.1, 0.15) is 79.4 Å². The maximum absolute atomic E-state index is 11.9. The van der Waals surface area contributed by atoms with Gasteiger partial charge in [0.2, 0.25) is 0 Å². The summed E-state index contributed by atoms with van der Waals surface area (Å²) in [6.45, 7) is 8.53. The van der Waals surface area contributed by atoms with Crippen molar-refractivity contribution in [1.29, 1.82) is 0 Å². The van der Waals surface area contributed by atoms with Crippen LogP contribution in [0.5, 0.6) is 0 Å². The maximum Gasteiger partial charge on any atom is 0.335 e. The van der Waals surface area contributed by atoms with E-state index in [1.165, 1.54) is 5.56 Å². The molecule has 1 saturated carbocycles. The van der Waals surface area contributed by atoms with Crippen LogP contribution in [0.2, 0.25) is 0 Å². The molecule has 1 fully saturated rings. The summed E-state index contributed by atoms with van der Waals surface area (Å²) in [6, 6.07) is 13.5. The molecule has 1 aliphatic carbocycles. The number of anilines is 2. The van der Waals surface area contributed by atoms with E-state index in [0.717, 1.165) is 41.0 Å². The van der Waals surface area contributed by atoms with Crippen molar-refractivity contribution in [3.63, 3.8) is 0 Å². The fraction of sp³-hybridized carbons (Fsp3) is 0.355.